The van der Waals surface area contributed by atoms with E-state index >= 15 is 0 Å². The average Bonchev–Trinajstić information content (AvgIpc) is 2.27. The fourth-order valence-electron chi connectivity index (χ4n) is 1.35. The van der Waals surface area contributed by atoms with Crippen LogP contribution in [0.5, 0.6) is 5.75 Å². The third-order valence-electron chi connectivity index (χ3n) is 2.12. The van der Waals surface area contributed by atoms with Gasteiger partial charge in [0.2, 0.25) is 0 Å². The van der Waals surface area contributed by atoms with E-state index in [0.29, 0.717) is 12.0 Å². The molecule has 0 saturated heterocycles. The van der Waals surface area contributed by atoms with Crippen molar-refractivity contribution in [3.8, 4) is 5.75 Å². The Bertz CT molecular complexity index is 449. The van der Waals surface area contributed by atoms with Crippen molar-refractivity contribution in [3.05, 3.63) is 40.3 Å². The minimum atomic E-state index is -4.73. The van der Waals surface area contributed by atoms with Crippen LogP contribution in [0.4, 0.5) is 13.2 Å². The molecule has 0 heterocycles. The molecule has 0 saturated carbocycles. The third kappa shape index (κ3) is 6.76. The molecule has 1 aromatic rings. The lowest BCUT2D eigenvalue weighted by Gasteiger charge is -2.13. The fourth-order valence-corrected chi connectivity index (χ4v) is 1.35. The Kier molecular flexibility index (Phi) is 7.06. The molecule has 1 aromatic carbocycles. The first-order valence-corrected chi connectivity index (χ1v) is 5.04. The molecule has 0 fully saturated rings. The van der Waals surface area contributed by atoms with Gasteiger partial charge >= 0.3 is 6.36 Å². The number of benzene rings is 1. The number of alkyl halides is 3. The Hall–Kier alpha value is -1.63. The molecule has 9 heteroatoms. The number of hydrogen-bond acceptors (Lipinski definition) is 3. The molecule has 2 N–H and O–H groups in total. The minimum absolute atomic E-state index is 0. The first kappa shape index (κ1) is 17.4. The molecule has 0 bridgehead atoms. The topological polar surface area (TPSA) is 84.0 Å². The van der Waals surface area contributed by atoms with Crippen molar-refractivity contribution in [1.82, 2.24) is 0 Å². The van der Waals surface area contributed by atoms with E-state index < -0.39 is 12.4 Å². The van der Waals surface area contributed by atoms with Gasteiger partial charge in [0.25, 0.3) is 0 Å². The summed E-state index contributed by atoms with van der Waals surface area (Å²) in [7, 11) is 0. The Labute approximate surface area is 113 Å². The summed E-state index contributed by atoms with van der Waals surface area (Å²) in [4.78, 5) is 2.56. The molecule has 0 aromatic heterocycles. The fraction of sp³-hybridized carbons (Fsp3) is 0.400. The van der Waals surface area contributed by atoms with Crippen LogP contribution in [0.3, 0.4) is 0 Å². The normalized spacial score (nSPS) is 12.0. The van der Waals surface area contributed by atoms with Gasteiger partial charge in [-0.05, 0) is 29.6 Å². The summed E-state index contributed by atoms with van der Waals surface area (Å²) in [6.45, 7) is 0.183. The average molecular weight is 297 g/mol. The number of azide groups is 1. The van der Waals surface area contributed by atoms with Gasteiger partial charge in [-0.1, -0.05) is 17.2 Å². The number of hydrogen-bond donors (Lipinski definition) is 1. The van der Waals surface area contributed by atoms with Crippen LogP contribution in [0.2, 0.25) is 0 Å². The molecule has 1 atom stereocenters. The SMILES string of the molecule is Cl.[N-]=[N+]=NCCC(N)c1cccc(OC(F)(F)F)c1. The summed E-state index contributed by atoms with van der Waals surface area (Å²) >= 11 is 0. The predicted molar refractivity (Wildman–Crippen MR) is 65.9 cm³/mol. The molecule has 0 aliphatic rings. The molecule has 0 aliphatic heterocycles. The first-order chi connectivity index (χ1) is 8.42. The minimum Gasteiger partial charge on any atom is -0.406 e. The number of nitrogens with zero attached hydrogens (tertiary/aromatic N) is 3. The van der Waals surface area contributed by atoms with E-state index in [1.807, 2.05) is 0 Å². The van der Waals surface area contributed by atoms with Crippen LogP contribution < -0.4 is 10.5 Å². The second-order valence-corrected chi connectivity index (χ2v) is 3.47. The van der Waals surface area contributed by atoms with E-state index in [-0.39, 0.29) is 24.7 Å². The number of ether oxygens (including phenoxy) is 1. The maximum Gasteiger partial charge on any atom is 0.573 e. The van der Waals surface area contributed by atoms with E-state index in [9.17, 15) is 13.2 Å². The van der Waals surface area contributed by atoms with Crippen molar-refractivity contribution in [2.75, 3.05) is 6.54 Å². The van der Waals surface area contributed by atoms with Crippen molar-refractivity contribution < 1.29 is 17.9 Å². The zero-order valence-corrected chi connectivity index (χ0v) is 10.5. The van der Waals surface area contributed by atoms with Crippen molar-refractivity contribution in [2.24, 2.45) is 10.8 Å². The van der Waals surface area contributed by atoms with Crippen LogP contribution in [0.15, 0.2) is 29.4 Å². The molecule has 1 rings (SSSR count). The largest absolute Gasteiger partial charge is 0.573 e. The molecule has 0 radical (unpaired) electrons. The lowest BCUT2D eigenvalue weighted by molar-refractivity contribution is -0.274. The van der Waals surface area contributed by atoms with E-state index in [4.69, 9.17) is 11.3 Å². The molecule has 1 unspecified atom stereocenters. The Morgan fingerprint density at radius 1 is 1.42 bits per heavy atom. The molecule has 0 aliphatic carbocycles. The Morgan fingerprint density at radius 3 is 2.68 bits per heavy atom. The maximum absolute atomic E-state index is 12.0. The van der Waals surface area contributed by atoms with Gasteiger partial charge in [0, 0.05) is 17.5 Å². The maximum atomic E-state index is 12.0. The molecular formula is C10H12ClF3N4O. The van der Waals surface area contributed by atoms with E-state index in [1.165, 1.54) is 18.2 Å². The van der Waals surface area contributed by atoms with Crippen LogP contribution >= 0.6 is 12.4 Å². The summed E-state index contributed by atoms with van der Waals surface area (Å²) in [6, 6.07) is 4.91. The summed E-state index contributed by atoms with van der Waals surface area (Å²) in [6.07, 6.45) is -4.38. The highest BCUT2D eigenvalue weighted by Crippen LogP contribution is 2.25. The number of rotatable bonds is 5. The van der Waals surface area contributed by atoms with Crippen molar-refractivity contribution in [2.45, 2.75) is 18.8 Å². The second-order valence-electron chi connectivity index (χ2n) is 3.47. The smallest absolute Gasteiger partial charge is 0.406 e. The van der Waals surface area contributed by atoms with Gasteiger partial charge < -0.3 is 10.5 Å². The molecule has 0 spiro atoms. The van der Waals surface area contributed by atoms with Gasteiger partial charge in [0.05, 0.1) is 0 Å². The molecule has 0 amide bonds. The molecule has 5 nitrogen and oxygen atoms in total. The van der Waals surface area contributed by atoms with Crippen LogP contribution in [-0.2, 0) is 0 Å². The lowest BCUT2D eigenvalue weighted by atomic mass is 10.0. The van der Waals surface area contributed by atoms with Crippen molar-refractivity contribution >= 4 is 12.4 Å². The zero-order valence-electron chi connectivity index (χ0n) is 9.67. The summed E-state index contributed by atoms with van der Waals surface area (Å²) in [5, 5.41) is 3.31. The highest BCUT2D eigenvalue weighted by molar-refractivity contribution is 5.85. The standard InChI is InChI=1S/C10H11F3N4O.ClH/c11-10(12,13)18-8-3-1-2-7(6-8)9(14)4-5-16-17-15;/h1-3,6,9H,4-5,14H2;1H. The van der Waals surface area contributed by atoms with E-state index in [2.05, 4.69) is 14.8 Å². The number of nitrogens with two attached hydrogens (primary N) is 1. The molecule has 19 heavy (non-hydrogen) atoms. The third-order valence-corrected chi connectivity index (χ3v) is 2.12. The van der Waals surface area contributed by atoms with E-state index in [0.717, 1.165) is 0 Å². The van der Waals surface area contributed by atoms with Crippen LogP contribution in [0.1, 0.15) is 18.0 Å². The van der Waals surface area contributed by atoms with Crippen LogP contribution in [0.25, 0.3) is 10.4 Å². The molecule has 106 valence electrons. The van der Waals surface area contributed by atoms with E-state index in [1.54, 1.807) is 6.07 Å². The first-order valence-electron chi connectivity index (χ1n) is 5.04. The Balaban J connectivity index is 0.00000324. The van der Waals surface area contributed by atoms with Crippen LogP contribution in [0, 0.1) is 0 Å². The quantitative estimate of drug-likeness (QED) is 0.510. The van der Waals surface area contributed by atoms with Gasteiger partial charge in [-0.15, -0.1) is 25.6 Å². The van der Waals surface area contributed by atoms with Crippen LogP contribution in [-0.4, -0.2) is 12.9 Å². The summed E-state index contributed by atoms with van der Waals surface area (Å²) in [5.74, 6) is -0.320. The van der Waals surface area contributed by atoms with Gasteiger partial charge in [-0.2, -0.15) is 0 Å². The second kappa shape index (κ2) is 7.73. The van der Waals surface area contributed by atoms with Gasteiger partial charge in [-0.25, -0.2) is 0 Å². The highest BCUT2D eigenvalue weighted by atomic mass is 35.5. The summed E-state index contributed by atoms with van der Waals surface area (Å²) in [5.41, 5.74) is 14.3. The predicted octanol–water partition coefficient (Wildman–Crippen LogP) is 3.71. The van der Waals surface area contributed by atoms with Crippen molar-refractivity contribution in [1.29, 1.82) is 0 Å². The lowest BCUT2D eigenvalue weighted by Crippen LogP contribution is -2.18. The molecular weight excluding hydrogens is 285 g/mol. The Morgan fingerprint density at radius 2 is 2.11 bits per heavy atom. The van der Waals surface area contributed by atoms with Gasteiger partial charge in [-0.3, -0.25) is 0 Å². The number of halogens is 4. The monoisotopic (exact) mass is 296 g/mol. The van der Waals surface area contributed by atoms with Gasteiger partial charge in [0.1, 0.15) is 5.75 Å². The van der Waals surface area contributed by atoms with Crippen molar-refractivity contribution in [3.63, 3.8) is 0 Å². The zero-order chi connectivity index (χ0) is 13.6. The summed E-state index contributed by atoms with van der Waals surface area (Å²) < 4.78 is 39.8. The highest BCUT2D eigenvalue weighted by Gasteiger charge is 2.31. The van der Waals surface area contributed by atoms with Gasteiger partial charge in [0.15, 0.2) is 0 Å².